The van der Waals surface area contributed by atoms with Gasteiger partial charge in [-0.15, -0.1) is 0 Å². The number of Topliss-reactive ketones (excluding diaryl/α,β-unsaturated/α-hetero) is 1. The van der Waals surface area contributed by atoms with E-state index in [2.05, 4.69) is 6.92 Å². The van der Waals surface area contributed by atoms with Gasteiger partial charge in [0.05, 0.1) is 0 Å². The Labute approximate surface area is 128 Å². The SMILES string of the molecule is CCCCOCCC1CN(C(=O)OC(C)(C)C)CCC1=O. The van der Waals surface area contributed by atoms with Gasteiger partial charge in [-0.25, -0.2) is 4.79 Å². The van der Waals surface area contributed by atoms with E-state index in [1.165, 1.54) is 0 Å². The molecule has 1 saturated heterocycles. The van der Waals surface area contributed by atoms with Crippen molar-refractivity contribution in [1.29, 1.82) is 0 Å². The predicted molar refractivity (Wildman–Crippen MR) is 81.3 cm³/mol. The third-order valence-electron chi connectivity index (χ3n) is 3.43. The maximum atomic E-state index is 12.0. The van der Waals surface area contributed by atoms with E-state index in [0.717, 1.165) is 19.4 Å². The zero-order valence-corrected chi connectivity index (χ0v) is 13.8. The van der Waals surface area contributed by atoms with Crippen LogP contribution in [-0.2, 0) is 14.3 Å². The van der Waals surface area contributed by atoms with Crippen LogP contribution in [-0.4, -0.2) is 48.7 Å². The van der Waals surface area contributed by atoms with Crippen LogP contribution in [0.3, 0.4) is 0 Å². The first-order chi connectivity index (χ1) is 9.83. The Bertz CT molecular complexity index is 349. The van der Waals surface area contributed by atoms with Gasteiger partial charge in [-0.05, 0) is 33.6 Å². The van der Waals surface area contributed by atoms with Gasteiger partial charge in [-0.3, -0.25) is 4.79 Å². The van der Waals surface area contributed by atoms with Gasteiger partial charge < -0.3 is 14.4 Å². The molecule has 0 spiro atoms. The molecule has 1 aliphatic heterocycles. The fourth-order valence-electron chi connectivity index (χ4n) is 2.23. The van der Waals surface area contributed by atoms with Crippen LogP contribution < -0.4 is 0 Å². The maximum absolute atomic E-state index is 12.0. The monoisotopic (exact) mass is 299 g/mol. The highest BCUT2D eigenvalue weighted by atomic mass is 16.6. The quantitative estimate of drug-likeness (QED) is 0.707. The lowest BCUT2D eigenvalue weighted by Gasteiger charge is -2.33. The fourth-order valence-corrected chi connectivity index (χ4v) is 2.23. The first-order valence-corrected chi connectivity index (χ1v) is 7.92. The van der Waals surface area contributed by atoms with E-state index >= 15 is 0 Å². The van der Waals surface area contributed by atoms with Crippen LogP contribution in [0.5, 0.6) is 0 Å². The minimum absolute atomic E-state index is 0.118. The van der Waals surface area contributed by atoms with E-state index in [1.54, 1.807) is 4.90 Å². The van der Waals surface area contributed by atoms with Crippen LogP contribution in [0.15, 0.2) is 0 Å². The van der Waals surface area contributed by atoms with E-state index in [4.69, 9.17) is 9.47 Å². The number of carbonyl (C=O) groups excluding carboxylic acids is 2. The summed E-state index contributed by atoms with van der Waals surface area (Å²) in [6.45, 7) is 9.89. The van der Waals surface area contributed by atoms with Crippen molar-refractivity contribution in [2.75, 3.05) is 26.3 Å². The molecule has 1 rings (SSSR count). The van der Waals surface area contributed by atoms with Crippen LogP contribution in [0, 0.1) is 5.92 Å². The van der Waals surface area contributed by atoms with Crippen LogP contribution in [0.4, 0.5) is 4.79 Å². The highest BCUT2D eigenvalue weighted by Crippen LogP contribution is 2.19. The van der Waals surface area contributed by atoms with Crippen molar-refractivity contribution >= 4 is 11.9 Å². The Hall–Kier alpha value is -1.10. The lowest BCUT2D eigenvalue weighted by atomic mass is 9.94. The summed E-state index contributed by atoms with van der Waals surface area (Å²) < 4.78 is 10.9. The van der Waals surface area contributed by atoms with Crippen molar-refractivity contribution < 1.29 is 19.1 Å². The number of hydrogen-bond acceptors (Lipinski definition) is 4. The summed E-state index contributed by atoms with van der Waals surface area (Å²) in [7, 11) is 0. The van der Waals surface area contributed by atoms with Crippen LogP contribution in [0.2, 0.25) is 0 Å². The smallest absolute Gasteiger partial charge is 0.410 e. The molecule has 122 valence electrons. The first-order valence-electron chi connectivity index (χ1n) is 7.92. The van der Waals surface area contributed by atoms with Crippen molar-refractivity contribution in [3.05, 3.63) is 0 Å². The maximum Gasteiger partial charge on any atom is 0.410 e. The molecule has 0 radical (unpaired) electrons. The molecule has 0 N–H and O–H groups in total. The Kier molecular flexibility index (Phi) is 7.15. The number of amides is 1. The Morgan fingerprint density at radius 2 is 2.05 bits per heavy atom. The third kappa shape index (κ3) is 6.93. The van der Waals surface area contributed by atoms with Crippen molar-refractivity contribution in [1.82, 2.24) is 4.90 Å². The Morgan fingerprint density at radius 3 is 2.67 bits per heavy atom. The molecular formula is C16H29NO4. The molecule has 21 heavy (non-hydrogen) atoms. The number of unbranched alkanes of at least 4 members (excludes halogenated alkanes) is 1. The molecule has 0 aliphatic carbocycles. The number of carbonyl (C=O) groups is 2. The molecule has 0 aromatic heterocycles. The molecule has 5 heteroatoms. The number of piperidine rings is 1. The number of rotatable bonds is 6. The summed E-state index contributed by atoms with van der Waals surface area (Å²) in [4.78, 5) is 25.6. The number of ether oxygens (including phenoxy) is 2. The van der Waals surface area contributed by atoms with Crippen LogP contribution in [0.1, 0.15) is 53.4 Å². The summed E-state index contributed by atoms with van der Waals surface area (Å²) in [6.07, 6.45) is 2.92. The highest BCUT2D eigenvalue weighted by Gasteiger charge is 2.31. The summed E-state index contributed by atoms with van der Waals surface area (Å²) in [5.74, 6) is 0.113. The molecule has 1 aliphatic rings. The summed E-state index contributed by atoms with van der Waals surface area (Å²) in [6, 6.07) is 0. The van der Waals surface area contributed by atoms with Crippen molar-refractivity contribution in [2.24, 2.45) is 5.92 Å². The first kappa shape index (κ1) is 18.0. The second-order valence-corrected chi connectivity index (χ2v) is 6.59. The summed E-state index contributed by atoms with van der Waals surface area (Å²) >= 11 is 0. The molecule has 0 bridgehead atoms. The van der Waals surface area contributed by atoms with Gasteiger partial charge >= 0.3 is 6.09 Å². The van der Waals surface area contributed by atoms with Gasteiger partial charge in [0.2, 0.25) is 0 Å². The summed E-state index contributed by atoms with van der Waals surface area (Å²) in [5, 5.41) is 0. The number of ketones is 1. The zero-order chi connectivity index (χ0) is 15.9. The molecule has 0 aromatic rings. The van der Waals surface area contributed by atoms with E-state index in [1.807, 2.05) is 20.8 Å². The van der Waals surface area contributed by atoms with E-state index in [9.17, 15) is 9.59 Å². The van der Waals surface area contributed by atoms with Gasteiger partial charge in [-0.2, -0.15) is 0 Å². The minimum Gasteiger partial charge on any atom is -0.444 e. The largest absolute Gasteiger partial charge is 0.444 e. The van der Waals surface area contributed by atoms with Gasteiger partial charge in [0.15, 0.2) is 0 Å². The summed E-state index contributed by atoms with van der Waals surface area (Å²) in [5.41, 5.74) is -0.503. The Morgan fingerprint density at radius 1 is 1.33 bits per heavy atom. The molecule has 1 unspecified atom stereocenters. The second kappa shape index (κ2) is 8.37. The van der Waals surface area contributed by atoms with Crippen LogP contribution in [0.25, 0.3) is 0 Å². The average Bonchev–Trinajstić information content (AvgIpc) is 2.38. The molecule has 1 atom stereocenters. The average molecular weight is 299 g/mol. The highest BCUT2D eigenvalue weighted by molar-refractivity contribution is 5.84. The molecular weight excluding hydrogens is 270 g/mol. The van der Waals surface area contributed by atoms with E-state index in [0.29, 0.717) is 32.5 Å². The normalized spacial score (nSPS) is 19.7. The molecule has 1 amide bonds. The molecule has 1 heterocycles. The van der Waals surface area contributed by atoms with Crippen molar-refractivity contribution in [3.63, 3.8) is 0 Å². The van der Waals surface area contributed by atoms with Gasteiger partial charge in [0, 0.05) is 38.6 Å². The topological polar surface area (TPSA) is 55.8 Å². The third-order valence-corrected chi connectivity index (χ3v) is 3.43. The number of nitrogens with zero attached hydrogens (tertiary/aromatic N) is 1. The molecule has 0 saturated carbocycles. The van der Waals surface area contributed by atoms with Gasteiger partial charge in [0.25, 0.3) is 0 Å². The second-order valence-electron chi connectivity index (χ2n) is 6.59. The molecule has 1 fully saturated rings. The fraction of sp³-hybridized carbons (Fsp3) is 0.875. The predicted octanol–water partition coefficient (Wildman–Crippen LogP) is 3.02. The van der Waals surface area contributed by atoms with E-state index in [-0.39, 0.29) is 17.8 Å². The number of hydrogen-bond donors (Lipinski definition) is 0. The lowest BCUT2D eigenvalue weighted by Crippen LogP contribution is -2.46. The molecule has 5 nitrogen and oxygen atoms in total. The minimum atomic E-state index is -0.503. The molecule has 0 aromatic carbocycles. The Balaban J connectivity index is 2.39. The van der Waals surface area contributed by atoms with Crippen LogP contribution >= 0.6 is 0 Å². The van der Waals surface area contributed by atoms with Gasteiger partial charge in [0.1, 0.15) is 11.4 Å². The van der Waals surface area contributed by atoms with E-state index < -0.39 is 5.60 Å². The lowest BCUT2D eigenvalue weighted by molar-refractivity contribution is -0.126. The van der Waals surface area contributed by atoms with Crippen molar-refractivity contribution in [2.45, 2.75) is 59.0 Å². The van der Waals surface area contributed by atoms with Gasteiger partial charge in [-0.1, -0.05) is 13.3 Å². The van der Waals surface area contributed by atoms with Crippen molar-refractivity contribution in [3.8, 4) is 0 Å². The number of likely N-dealkylation sites (tertiary alicyclic amines) is 1. The standard InChI is InChI=1S/C16H29NO4/c1-5-6-10-20-11-8-13-12-17(9-7-14(13)18)15(19)21-16(2,3)4/h13H,5-12H2,1-4H3. The zero-order valence-electron chi connectivity index (χ0n) is 13.8.